The van der Waals surface area contributed by atoms with Gasteiger partial charge in [-0.15, -0.1) is 0 Å². The molecule has 4 rings (SSSR count). The Morgan fingerprint density at radius 3 is 2.32 bits per heavy atom. The van der Waals surface area contributed by atoms with Crippen LogP contribution in [-0.4, -0.2) is 58.8 Å². The number of halogens is 4. The van der Waals surface area contributed by atoms with E-state index in [9.17, 15) is 31.5 Å². The Hall–Kier alpha value is -3.62. The summed E-state index contributed by atoms with van der Waals surface area (Å²) in [6.45, 7) is -0.253. The number of esters is 1. The van der Waals surface area contributed by atoms with Crippen molar-refractivity contribution in [1.29, 1.82) is 0 Å². The Balaban J connectivity index is 1.83. The van der Waals surface area contributed by atoms with E-state index < -0.39 is 45.2 Å². The van der Waals surface area contributed by atoms with E-state index in [1.807, 2.05) is 0 Å². The number of aliphatic hydroxyl groups is 1. The van der Waals surface area contributed by atoms with Gasteiger partial charge in [0.15, 0.2) is 5.82 Å². The van der Waals surface area contributed by atoms with Crippen molar-refractivity contribution in [3.05, 3.63) is 60.7 Å². The quantitative estimate of drug-likeness (QED) is 0.277. The van der Waals surface area contributed by atoms with Gasteiger partial charge in [-0.3, -0.25) is 0 Å². The van der Waals surface area contributed by atoms with Crippen molar-refractivity contribution in [3.8, 4) is 22.3 Å². The number of hydrogen-bond acceptors (Lipinski definition) is 8. The van der Waals surface area contributed by atoms with Gasteiger partial charge in [0.2, 0.25) is 22.3 Å². The molecule has 1 unspecified atom stereocenters. The number of sulfonamides is 1. The summed E-state index contributed by atoms with van der Waals surface area (Å²) in [5.41, 5.74) is 5.76. The van der Waals surface area contributed by atoms with Gasteiger partial charge < -0.3 is 15.6 Å². The predicted molar refractivity (Wildman–Crippen MR) is 122 cm³/mol. The van der Waals surface area contributed by atoms with Gasteiger partial charge in [-0.05, 0) is 18.4 Å². The van der Waals surface area contributed by atoms with Crippen LogP contribution < -0.4 is 5.73 Å². The molecule has 0 amide bonds. The highest BCUT2D eigenvalue weighted by Crippen LogP contribution is 2.39. The average molecular weight is 540 g/mol. The molecule has 196 valence electrons. The zero-order valence-corrected chi connectivity index (χ0v) is 19.7. The van der Waals surface area contributed by atoms with Gasteiger partial charge in [0.1, 0.15) is 4.90 Å². The maximum atomic E-state index is 16.1. The van der Waals surface area contributed by atoms with Crippen LogP contribution in [0.15, 0.2) is 59.8 Å². The van der Waals surface area contributed by atoms with Crippen molar-refractivity contribution in [2.24, 2.45) is 0 Å². The third kappa shape index (κ3) is 5.26. The number of nitrogens with zero attached hydrogens (tertiary/aromatic N) is 3. The number of hydrogen-bond donors (Lipinski definition) is 2. The molecule has 0 spiro atoms. The molecule has 0 saturated carbocycles. The summed E-state index contributed by atoms with van der Waals surface area (Å²) in [4.78, 5) is 18.0. The van der Waals surface area contributed by atoms with Crippen molar-refractivity contribution in [2.45, 2.75) is 36.2 Å². The normalized spacial score (nSPS) is 17.5. The van der Waals surface area contributed by atoms with Crippen molar-refractivity contribution >= 4 is 21.9 Å². The minimum absolute atomic E-state index is 0.0226. The lowest BCUT2D eigenvalue weighted by Gasteiger charge is -2.29. The monoisotopic (exact) mass is 540 g/mol. The molecule has 1 aliphatic heterocycles. The zero-order valence-electron chi connectivity index (χ0n) is 18.9. The van der Waals surface area contributed by atoms with Crippen LogP contribution in [0.5, 0.6) is 0 Å². The van der Waals surface area contributed by atoms with Crippen LogP contribution >= 0.6 is 0 Å². The fraction of sp³-hybridized carbons (Fsp3) is 0.261. The lowest BCUT2D eigenvalue weighted by molar-refractivity contribution is -0.223. The van der Waals surface area contributed by atoms with Gasteiger partial charge in [0, 0.05) is 35.6 Å². The number of aromatic nitrogens is 2. The van der Waals surface area contributed by atoms with Crippen LogP contribution in [0.2, 0.25) is 0 Å². The SMILES string of the molecule is Nc1ncc(-c2ccc(-c3ccccc3)c(S(=O)(=O)N3CCC[C@H]3C(O)OC(=O)C(F)(F)F)c2F)cn1. The Morgan fingerprint density at radius 1 is 1.08 bits per heavy atom. The lowest BCUT2D eigenvalue weighted by atomic mass is 10.0. The molecule has 37 heavy (non-hydrogen) atoms. The molecule has 3 N–H and O–H groups in total. The number of ether oxygens (including phenoxy) is 1. The van der Waals surface area contributed by atoms with E-state index in [4.69, 9.17) is 5.73 Å². The number of alkyl halides is 3. The van der Waals surface area contributed by atoms with Gasteiger partial charge in [0.25, 0.3) is 0 Å². The molecule has 0 aliphatic carbocycles. The van der Waals surface area contributed by atoms with Gasteiger partial charge >= 0.3 is 12.1 Å². The van der Waals surface area contributed by atoms with E-state index in [1.165, 1.54) is 24.5 Å². The van der Waals surface area contributed by atoms with E-state index in [1.54, 1.807) is 30.3 Å². The number of nitrogens with two attached hydrogens (primary N) is 1. The van der Waals surface area contributed by atoms with Crippen molar-refractivity contribution in [1.82, 2.24) is 14.3 Å². The molecule has 1 saturated heterocycles. The van der Waals surface area contributed by atoms with Crippen LogP contribution in [0.25, 0.3) is 22.3 Å². The number of anilines is 1. The molecule has 2 aromatic carbocycles. The maximum absolute atomic E-state index is 16.1. The van der Waals surface area contributed by atoms with Crippen LogP contribution in [-0.2, 0) is 19.6 Å². The molecule has 1 fully saturated rings. The largest absolute Gasteiger partial charge is 0.491 e. The summed E-state index contributed by atoms with van der Waals surface area (Å²) >= 11 is 0. The van der Waals surface area contributed by atoms with Crippen molar-refractivity contribution in [2.75, 3.05) is 12.3 Å². The number of aliphatic hydroxyl groups excluding tert-OH is 1. The Labute approximate surface area is 208 Å². The summed E-state index contributed by atoms with van der Waals surface area (Å²) in [7, 11) is -4.79. The third-order valence-corrected chi connectivity index (χ3v) is 7.75. The molecule has 1 aromatic heterocycles. The van der Waals surface area contributed by atoms with Crippen molar-refractivity contribution in [3.63, 3.8) is 0 Å². The number of benzene rings is 2. The van der Waals surface area contributed by atoms with Gasteiger partial charge in [-0.2, -0.15) is 17.5 Å². The Kier molecular flexibility index (Phi) is 7.17. The topological polar surface area (TPSA) is 136 Å². The third-order valence-electron chi connectivity index (χ3n) is 5.77. The minimum Gasteiger partial charge on any atom is -0.428 e. The second-order valence-electron chi connectivity index (χ2n) is 8.12. The summed E-state index contributed by atoms with van der Waals surface area (Å²) in [6.07, 6.45) is -5.41. The predicted octanol–water partition coefficient (Wildman–Crippen LogP) is 3.11. The standard InChI is InChI=1S/C23H20F4N4O5S/c24-18-15(14-11-29-22(28)30-12-14)8-9-16(13-5-2-1-3-6-13)19(18)37(34,35)31-10-4-7-17(31)20(32)36-21(33)23(25,26)27/h1-3,5-6,8-9,11-12,17,20,32H,4,7,10H2,(H2,28,29,30)/t17-,20?/m0/s1. The smallest absolute Gasteiger partial charge is 0.428 e. The summed E-state index contributed by atoms with van der Waals surface area (Å²) in [5, 5.41) is 10.2. The molecule has 2 heterocycles. The number of carbonyl (C=O) groups excluding carboxylic acids is 1. The highest BCUT2D eigenvalue weighted by atomic mass is 32.2. The molecule has 2 atom stereocenters. The van der Waals surface area contributed by atoms with E-state index in [-0.39, 0.29) is 42.0 Å². The molecular weight excluding hydrogens is 520 g/mol. The molecule has 0 bridgehead atoms. The number of rotatable bonds is 6. The fourth-order valence-electron chi connectivity index (χ4n) is 4.07. The number of nitrogen functional groups attached to an aromatic ring is 1. The van der Waals surface area contributed by atoms with E-state index in [0.29, 0.717) is 9.87 Å². The van der Waals surface area contributed by atoms with E-state index >= 15 is 4.39 Å². The van der Waals surface area contributed by atoms with Crippen LogP contribution in [0.1, 0.15) is 12.8 Å². The zero-order chi connectivity index (χ0) is 27.0. The molecule has 1 aliphatic rings. The fourth-order valence-corrected chi connectivity index (χ4v) is 6.05. The summed E-state index contributed by atoms with van der Waals surface area (Å²) < 4.78 is 86.4. The van der Waals surface area contributed by atoms with Gasteiger partial charge in [-0.1, -0.05) is 42.5 Å². The first kappa shape index (κ1) is 26.4. The van der Waals surface area contributed by atoms with Gasteiger partial charge in [0.05, 0.1) is 6.04 Å². The first-order valence-electron chi connectivity index (χ1n) is 10.8. The summed E-state index contributed by atoms with van der Waals surface area (Å²) in [6, 6.07) is 9.17. The first-order valence-corrected chi connectivity index (χ1v) is 12.3. The van der Waals surface area contributed by atoms with E-state index in [0.717, 1.165) is 0 Å². The highest BCUT2D eigenvalue weighted by molar-refractivity contribution is 7.89. The molecule has 0 radical (unpaired) electrons. The Morgan fingerprint density at radius 2 is 1.70 bits per heavy atom. The summed E-state index contributed by atoms with van der Waals surface area (Å²) in [5.74, 6) is -3.92. The second-order valence-corrected chi connectivity index (χ2v) is 9.95. The lowest BCUT2D eigenvalue weighted by Crippen LogP contribution is -2.46. The average Bonchev–Trinajstić information content (AvgIpc) is 3.36. The maximum Gasteiger partial charge on any atom is 0.491 e. The van der Waals surface area contributed by atoms with Crippen molar-refractivity contribution < 1.29 is 40.6 Å². The second kappa shape index (κ2) is 10.0. The van der Waals surface area contributed by atoms with Gasteiger partial charge in [-0.25, -0.2) is 27.6 Å². The molecule has 14 heteroatoms. The molecular formula is C23H20F4N4O5S. The molecule has 3 aromatic rings. The van der Waals surface area contributed by atoms with Crippen LogP contribution in [0.3, 0.4) is 0 Å². The Bertz CT molecular complexity index is 1400. The first-order chi connectivity index (χ1) is 17.4. The molecule has 9 nitrogen and oxygen atoms in total. The highest BCUT2D eigenvalue weighted by Gasteiger charge is 2.47. The van der Waals surface area contributed by atoms with E-state index in [2.05, 4.69) is 14.7 Å². The minimum atomic E-state index is -5.40. The van der Waals surface area contributed by atoms with Crippen LogP contribution in [0.4, 0.5) is 23.5 Å². The number of carbonyl (C=O) groups is 1. The van der Waals surface area contributed by atoms with Crippen LogP contribution in [0, 0.1) is 5.82 Å².